The number of pyridine rings is 1. The summed E-state index contributed by atoms with van der Waals surface area (Å²) < 4.78 is 5.78. The minimum atomic E-state index is -0.430. The van der Waals surface area contributed by atoms with Crippen LogP contribution in [0.3, 0.4) is 0 Å². The molecule has 37 heavy (non-hydrogen) atoms. The Balaban J connectivity index is 1.40. The number of benzene rings is 3. The second-order valence-electron chi connectivity index (χ2n) is 8.55. The highest BCUT2D eigenvalue weighted by Gasteiger charge is 2.20. The summed E-state index contributed by atoms with van der Waals surface area (Å²) in [5.41, 5.74) is 7.35. The normalized spacial score (nSPS) is 11.2. The van der Waals surface area contributed by atoms with Crippen LogP contribution in [0.15, 0.2) is 94.4 Å². The molecule has 0 atom stereocenters. The van der Waals surface area contributed by atoms with Gasteiger partial charge in [0, 0.05) is 17.0 Å². The van der Waals surface area contributed by atoms with Gasteiger partial charge in [0.1, 0.15) is 11.5 Å². The largest absolute Gasteiger partial charge is 0.455 e. The molecule has 0 aliphatic rings. The summed E-state index contributed by atoms with van der Waals surface area (Å²) in [5.74, 6) is 0.284. The lowest BCUT2D eigenvalue weighted by Crippen LogP contribution is -2.18. The fraction of sp³-hybridized carbons (Fsp3) is 0.0690. The number of aromatic nitrogens is 1. The molecule has 8 heteroatoms. The van der Waals surface area contributed by atoms with Crippen LogP contribution in [0.5, 0.6) is 0 Å². The van der Waals surface area contributed by atoms with E-state index >= 15 is 0 Å². The van der Waals surface area contributed by atoms with Crippen molar-refractivity contribution in [2.24, 2.45) is 5.10 Å². The van der Waals surface area contributed by atoms with E-state index in [-0.39, 0.29) is 5.69 Å². The average molecular weight is 491 g/mol. The van der Waals surface area contributed by atoms with Crippen molar-refractivity contribution in [3.8, 4) is 22.6 Å². The van der Waals surface area contributed by atoms with Gasteiger partial charge in [0.25, 0.3) is 11.6 Å². The Bertz CT molecular complexity index is 1670. The third kappa shape index (κ3) is 4.85. The van der Waals surface area contributed by atoms with Gasteiger partial charge >= 0.3 is 0 Å². The van der Waals surface area contributed by atoms with Gasteiger partial charge in [-0.25, -0.2) is 10.4 Å². The number of furan rings is 1. The van der Waals surface area contributed by atoms with Crippen LogP contribution < -0.4 is 5.43 Å². The number of carbonyl (C=O) groups excluding carboxylic acids is 1. The number of nitrogens with one attached hydrogen (secondary N) is 1. The number of nitrogens with zero attached hydrogens (tertiary/aromatic N) is 3. The van der Waals surface area contributed by atoms with E-state index in [4.69, 9.17) is 9.40 Å². The summed E-state index contributed by atoms with van der Waals surface area (Å²) in [6.07, 6.45) is 1.36. The molecule has 5 rings (SSSR count). The fourth-order valence-corrected chi connectivity index (χ4v) is 4.05. The number of carbonyl (C=O) groups is 1. The summed E-state index contributed by atoms with van der Waals surface area (Å²) in [4.78, 5) is 28.9. The summed E-state index contributed by atoms with van der Waals surface area (Å²) >= 11 is 0. The lowest BCUT2D eigenvalue weighted by atomic mass is 10.0. The Hall–Kier alpha value is -5.11. The number of nitro benzene ring substituents is 1. The molecule has 182 valence electrons. The van der Waals surface area contributed by atoms with E-state index < -0.39 is 10.8 Å². The fourth-order valence-electron chi connectivity index (χ4n) is 4.05. The molecular formula is C29H22N4O4. The van der Waals surface area contributed by atoms with Crippen LogP contribution in [-0.2, 0) is 0 Å². The predicted octanol–water partition coefficient (Wildman–Crippen LogP) is 6.45. The maximum absolute atomic E-state index is 13.1. The lowest BCUT2D eigenvalue weighted by molar-refractivity contribution is -0.384. The zero-order valence-electron chi connectivity index (χ0n) is 20.1. The molecular weight excluding hydrogens is 468 g/mol. The highest BCUT2D eigenvalue weighted by Crippen LogP contribution is 2.33. The molecule has 2 heterocycles. The van der Waals surface area contributed by atoms with E-state index in [1.165, 1.54) is 12.3 Å². The molecule has 0 bridgehead atoms. The molecule has 1 amide bonds. The molecule has 3 aromatic carbocycles. The Morgan fingerprint density at radius 3 is 2.49 bits per heavy atom. The topological polar surface area (TPSA) is 111 Å². The van der Waals surface area contributed by atoms with Crippen LogP contribution in [0.25, 0.3) is 33.5 Å². The van der Waals surface area contributed by atoms with E-state index in [0.29, 0.717) is 39.2 Å². The number of amides is 1. The van der Waals surface area contributed by atoms with Crippen molar-refractivity contribution in [3.05, 3.63) is 117 Å². The van der Waals surface area contributed by atoms with Crippen molar-refractivity contribution >= 4 is 28.7 Å². The van der Waals surface area contributed by atoms with Gasteiger partial charge in [-0.3, -0.25) is 14.9 Å². The van der Waals surface area contributed by atoms with E-state index in [0.717, 1.165) is 16.7 Å². The number of aryl methyl sites for hydroxylation is 2. The number of hydrogen-bond donors (Lipinski definition) is 1. The number of rotatable bonds is 6. The molecule has 0 aliphatic carbocycles. The maximum Gasteiger partial charge on any atom is 0.280 e. The molecule has 8 nitrogen and oxygen atoms in total. The van der Waals surface area contributed by atoms with Crippen molar-refractivity contribution in [2.75, 3.05) is 0 Å². The predicted molar refractivity (Wildman–Crippen MR) is 143 cm³/mol. The molecule has 1 N–H and O–H groups in total. The monoisotopic (exact) mass is 490 g/mol. The summed E-state index contributed by atoms with van der Waals surface area (Å²) in [5, 5.41) is 16.3. The molecule has 0 radical (unpaired) electrons. The number of nitro groups is 1. The Kier molecular flexibility index (Phi) is 6.30. The van der Waals surface area contributed by atoms with Gasteiger partial charge in [-0.2, -0.15) is 5.10 Å². The van der Waals surface area contributed by atoms with Crippen molar-refractivity contribution in [1.29, 1.82) is 0 Å². The smallest absolute Gasteiger partial charge is 0.280 e. The molecule has 0 spiro atoms. The van der Waals surface area contributed by atoms with Crippen molar-refractivity contribution in [1.82, 2.24) is 10.4 Å². The van der Waals surface area contributed by atoms with Crippen LogP contribution in [0, 0.1) is 24.0 Å². The number of hydrazone groups is 1. The SMILES string of the molecule is Cc1cc(-c2ccc(/C=N/NC(=O)c3cc(-c4ccccc4)nc4ccccc34)o2)c([N+](=O)[O-])cc1C. The zero-order chi connectivity index (χ0) is 25.9. The van der Waals surface area contributed by atoms with Crippen molar-refractivity contribution in [2.45, 2.75) is 13.8 Å². The van der Waals surface area contributed by atoms with E-state index in [2.05, 4.69) is 10.5 Å². The number of fused-ring (bicyclic) bond motifs is 1. The molecule has 0 fully saturated rings. The van der Waals surface area contributed by atoms with Gasteiger partial charge in [-0.15, -0.1) is 0 Å². The van der Waals surface area contributed by atoms with Crippen LogP contribution in [0.4, 0.5) is 5.69 Å². The average Bonchev–Trinajstić information content (AvgIpc) is 3.38. The van der Waals surface area contributed by atoms with Crippen LogP contribution >= 0.6 is 0 Å². The minimum absolute atomic E-state index is 0.0342. The Morgan fingerprint density at radius 2 is 1.70 bits per heavy atom. The van der Waals surface area contributed by atoms with E-state index in [1.807, 2.05) is 68.4 Å². The van der Waals surface area contributed by atoms with Crippen molar-refractivity contribution < 1.29 is 14.1 Å². The second-order valence-corrected chi connectivity index (χ2v) is 8.55. The van der Waals surface area contributed by atoms with Gasteiger partial charge in [0.2, 0.25) is 0 Å². The molecule has 2 aromatic heterocycles. The quantitative estimate of drug-likeness (QED) is 0.167. The number of para-hydroxylation sites is 1. The molecule has 0 saturated carbocycles. The summed E-state index contributed by atoms with van der Waals surface area (Å²) in [6, 6.07) is 25.3. The van der Waals surface area contributed by atoms with Gasteiger partial charge in [0.05, 0.1) is 33.5 Å². The Morgan fingerprint density at radius 1 is 0.973 bits per heavy atom. The standard InChI is InChI=1S/C29H22N4O4/c1-18-14-24(27(33(35)36)15-19(18)2)28-13-12-21(37-28)17-30-32-29(34)23-16-26(20-8-4-3-5-9-20)31-25-11-7-6-10-22(23)25/h3-17H,1-2H3,(H,32,34)/b30-17+. The first-order chi connectivity index (χ1) is 17.9. The van der Waals surface area contributed by atoms with Gasteiger partial charge in [0.15, 0.2) is 0 Å². The van der Waals surface area contributed by atoms with Crippen LogP contribution in [0.1, 0.15) is 27.2 Å². The molecule has 5 aromatic rings. The first-order valence-electron chi connectivity index (χ1n) is 11.5. The highest BCUT2D eigenvalue weighted by molar-refractivity contribution is 6.07. The van der Waals surface area contributed by atoms with Crippen LogP contribution in [0.2, 0.25) is 0 Å². The highest BCUT2D eigenvalue weighted by atomic mass is 16.6. The third-order valence-corrected chi connectivity index (χ3v) is 6.09. The van der Waals surface area contributed by atoms with E-state index in [9.17, 15) is 14.9 Å². The minimum Gasteiger partial charge on any atom is -0.455 e. The molecule has 0 unspecified atom stereocenters. The molecule has 0 saturated heterocycles. The molecule has 0 aliphatic heterocycles. The van der Waals surface area contributed by atoms with Gasteiger partial charge < -0.3 is 4.42 Å². The van der Waals surface area contributed by atoms with E-state index in [1.54, 1.807) is 24.3 Å². The van der Waals surface area contributed by atoms with Gasteiger partial charge in [-0.1, -0.05) is 48.5 Å². The first-order valence-corrected chi connectivity index (χ1v) is 11.5. The first kappa shape index (κ1) is 23.6. The van der Waals surface area contributed by atoms with Crippen molar-refractivity contribution in [3.63, 3.8) is 0 Å². The summed E-state index contributed by atoms with van der Waals surface area (Å²) in [7, 11) is 0. The second kappa shape index (κ2) is 9.87. The third-order valence-electron chi connectivity index (χ3n) is 6.09. The maximum atomic E-state index is 13.1. The lowest BCUT2D eigenvalue weighted by Gasteiger charge is -2.09. The number of hydrogen-bond acceptors (Lipinski definition) is 6. The van der Waals surface area contributed by atoms with Crippen LogP contribution in [-0.4, -0.2) is 22.0 Å². The Labute approximate surface area is 212 Å². The zero-order valence-corrected chi connectivity index (χ0v) is 20.1. The van der Waals surface area contributed by atoms with Gasteiger partial charge in [-0.05, 0) is 55.3 Å². The summed E-state index contributed by atoms with van der Waals surface area (Å²) in [6.45, 7) is 3.71.